The fraction of sp³-hybridized carbons (Fsp3) is 0.179. The van der Waals surface area contributed by atoms with E-state index in [1.165, 1.54) is 17.4 Å². The van der Waals surface area contributed by atoms with E-state index >= 15 is 0 Å². The minimum atomic E-state index is -2.32. The van der Waals surface area contributed by atoms with Gasteiger partial charge in [0, 0.05) is 26.4 Å². The average molecular weight is 1100 g/mol. The van der Waals surface area contributed by atoms with Crippen LogP contribution in [0.3, 0.4) is 0 Å². The summed E-state index contributed by atoms with van der Waals surface area (Å²) in [4.78, 5) is 12.1. The first-order valence-electron chi connectivity index (χ1n) is 25.1. The molecule has 0 bridgehead atoms. The maximum atomic E-state index is 8.60. The third kappa shape index (κ3) is 8.20. The van der Waals surface area contributed by atoms with Crippen molar-refractivity contribution in [2.24, 2.45) is 5.92 Å². The van der Waals surface area contributed by atoms with Crippen molar-refractivity contribution in [3.63, 3.8) is 0 Å². The van der Waals surface area contributed by atoms with E-state index in [0.29, 0.717) is 21.7 Å². The number of aromatic nitrogens is 2. The second kappa shape index (κ2) is 17.8. The first-order valence-corrected chi connectivity index (χ1v) is 29.2. The minimum Gasteiger partial charge on any atom is -0.661 e. The first-order chi connectivity index (χ1) is 33.7. The second-order valence-electron chi connectivity index (χ2n) is 17.1. The van der Waals surface area contributed by atoms with Crippen LogP contribution in [-0.2, 0) is 26.5 Å². The molecule has 0 fully saturated rings. The number of furan rings is 1. The molecule has 10 aromatic rings. The number of thiophene rings is 1. The van der Waals surface area contributed by atoms with Crippen LogP contribution in [0.1, 0.15) is 53.4 Å². The molecule has 1 aliphatic heterocycles. The fourth-order valence-electron chi connectivity index (χ4n) is 8.46. The van der Waals surface area contributed by atoms with Crippen LogP contribution >= 0.6 is 11.3 Å². The van der Waals surface area contributed by atoms with E-state index in [2.05, 4.69) is 80.7 Å². The van der Waals surface area contributed by atoms with Crippen molar-refractivity contribution in [2.75, 3.05) is 4.90 Å². The molecule has 5 nitrogen and oxygen atoms in total. The summed E-state index contributed by atoms with van der Waals surface area (Å²) in [7, 11) is 0. The van der Waals surface area contributed by atoms with Gasteiger partial charge in [0.2, 0.25) is 0 Å². The number of aryl methyl sites for hydroxylation is 2. The van der Waals surface area contributed by atoms with E-state index in [9.17, 15) is 0 Å². The average Bonchev–Trinajstić information content (AvgIpc) is 4.05. The molecule has 0 saturated heterocycles. The summed E-state index contributed by atoms with van der Waals surface area (Å²) in [6.07, 6.45) is -0.0544. The number of anilines is 2. The Morgan fingerprint density at radius 3 is 2.44 bits per heavy atom. The van der Waals surface area contributed by atoms with Crippen molar-refractivity contribution in [3.05, 3.63) is 186 Å². The van der Waals surface area contributed by atoms with E-state index in [0.717, 1.165) is 75.6 Å². The van der Waals surface area contributed by atoms with Crippen molar-refractivity contribution in [2.45, 2.75) is 57.4 Å². The van der Waals surface area contributed by atoms with Gasteiger partial charge >= 0.3 is 159 Å². The Morgan fingerprint density at radius 1 is 0.844 bits per heavy atom. The summed E-state index contributed by atoms with van der Waals surface area (Å²) in [6, 6.07) is 51.5. The van der Waals surface area contributed by atoms with Crippen molar-refractivity contribution in [1.82, 2.24) is 9.97 Å². The summed E-state index contributed by atoms with van der Waals surface area (Å²) >= 11 is -0.826. The van der Waals surface area contributed by atoms with Crippen LogP contribution in [-0.4, -0.2) is 23.2 Å². The molecular formula is C56H49GeIrN4OS. The molecular weight excluding hydrogens is 1040 g/mol. The number of fused-ring (bicyclic) bond motifs is 7. The molecule has 1 unspecified atom stereocenters. The van der Waals surface area contributed by atoms with Gasteiger partial charge < -0.3 is 14.6 Å². The van der Waals surface area contributed by atoms with E-state index in [-0.39, 0.29) is 37.3 Å². The maximum absolute atomic E-state index is 8.60. The number of pyridine rings is 2. The van der Waals surface area contributed by atoms with Crippen LogP contribution in [0.2, 0.25) is 17.3 Å². The number of para-hydroxylation sites is 3. The van der Waals surface area contributed by atoms with Crippen LogP contribution in [0.15, 0.2) is 150 Å². The molecule has 11 rings (SSSR count). The van der Waals surface area contributed by atoms with E-state index < -0.39 is 39.5 Å². The van der Waals surface area contributed by atoms with E-state index in [1.807, 2.05) is 98.9 Å². The summed E-state index contributed by atoms with van der Waals surface area (Å²) in [5.74, 6) is 6.53. The zero-order valence-corrected chi connectivity index (χ0v) is 41.3. The molecule has 1 aliphatic rings. The molecule has 1 atom stereocenters. The quantitative estimate of drug-likeness (QED) is 0.118. The Bertz CT molecular complexity index is 3630. The monoisotopic (exact) mass is 1100 g/mol. The third-order valence-electron chi connectivity index (χ3n) is 11.3. The Kier molecular flexibility index (Phi) is 9.66. The van der Waals surface area contributed by atoms with Gasteiger partial charge in [-0.3, -0.25) is 0 Å². The SMILES string of the molecule is [2H]C([2H])([2H])c1c[c-]c(-c2cc(C([2H])([2H])C(C)C)[c]([Ge]([CH3])([CH3])[CH3])cn2)cc1.[2H]C([2H])([2H])c1ccc2c(n1)sc1c(C3[N-]c4ccccc4N3c3ccc(-c4ccccc4)c4oc5ccccc5c34)[c-]ccc12.[Ir+3]. The van der Waals surface area contributed by atoms with Crippen LogP contribution in [0.5, 0.6) is 0 Å². The predicted molar refractivity (Wildman–Crippen MR) is 269 cm³/mol. The number of hydrogen-bond donors (Lipinski definition) is 0. The largest absolute Gasteiger partial charge is 3.00 e. The third-order valence-corrected chi connectivity index (χ3v) is 16.7. The summed E-state index contributed by atoms with van der Waals surface area (Å²) in [6.45, 7) is -0.663. The summed E-state index contributed by atoms with van der Waals surface area (Å²) in [5, 5.41) is 9.27. The van der Waals surface area contributed by atoms with Gasteiger partial charge in [-0.2, -0.15) is 29.5 Å². The van der Waals surface area contributed by atoms with Crippen molar-refractivity contribution in [3.8, 4) is 22.4 Å². The van der Waals surface area contributed by atoms with Crippen LogP contribution in [0.4, 0.5) is 17.1 Å². The van der Waals surface area contributed by atoms with E-state index in [4.69, 9.17) is 20.7 Å². The zero-order valence-electron chi connectivity index (χ0n) is 43.9. The van der Waals surface area contributed by atoms with Crippen molar-refractivity contribution in [1.29, 1.82) is 0 Å². The Hall–Kier alpha value is -5.57. The molecule has 318 valence electrons. The Morgan fingerprint density at radius 2 is 1.66 bits per heavy atom. The van der Waals surface area contributed by atoms with Gasteiger partial charge in [0.25, 0.3) is 0 Å². The Labute approximate surface area is 407 Å². The topological polar surface area (TPSA) is 56.3 Å². The van der Waals surface area contributed by atoms with Gasteiger partial charge in [-0.1, -0.05) is 77.5 Å². The second-order valence-corrected chi connectivity index (χ2v) is 28.7. The van der Waals surface area contributed by atoms with E-state index in [1.54, 1.807) is 18.2 Å². The number of rotatable bonds is 7. The molecule has 0 radical (unpaired) electrons. The molecule has 0 amide bonds. The first kappa shape index (κ1) is 34.8. The molecule has 5 heterocycles. The molecule has 0 spiro atoms. The van der Waals surface area contributed by atoms with Gasteiger partial charge in [0.05, 0.1) is 11.1 Å². The molecule has 0 N–H and O–H groups in total. The van der Waals surface area contributed by atoms with Crippen LogP contribution in [0.25, 0.3) is 69.9 Å². The predicted octanol–water partition coefficient (Wildman–Crippen LogP) is 15.6. The van der Waals surface area contributed by atoms with Crippen LogP contribution in [0, 0.1) is 31.8 Å². The smallest absolute Gasteiger partial charge is 0.661 e. The maximum Gasteiger partial charge on any atom is 3.00 e. The van der Waals surface area contributed by atoms with Crippen LogP contribution < -0.4 is 9.30 Å². The fourth-order valence-corrected chi connectivity index (χ4v) is 12.6. The molecule has 64 heavy (non-hydrogen) atoms. The molecule has 8 heteroatoms. The van der Waals surface area contributed by atoms with Crippen molar-refractivity contribution < 1.29 is 35.5 Å². The summed E-state index contributed by atoms with van der Waals surface area (Å²) in [5.41, 5.74) is 9.89. The summed E-state index contributed by atoms with van der Waals surface area (Å²) < 4.78 is 71.9. The van der Waals surface area contributed by atoms with Gasteiger partial charge in [0.1, 0.15) is 16.0 Å². The molecule has 6 aromatic carbocycles. The molecule has 4 aromatic heterocycles. The van der Waals surface area contributed by atoms with Gasteiger partial charge in [0.15, 0.2) is 0 Å². The van der Waals surface area contributed by atoms with Gasteiger partial charge in [-0.25, -0.2) is 4.98 Å². The van der Waals surface area contributed by atoms with Crippen molar-refractivity contribution >= 4 is 88.3 Å². The number of hydrogen-bond acceptors (Lipinski definition) is 5. The number of benzene rings is 6. The standard InChI is InChI=1S/C37H23N3OS.C19H26GeN.Ir/c1-22-18-19-26-25-13-9-14-28(35(25)42-37(26)38-22)36-39-29-15-6-7-16-30(29)40(36)31-21-20-24(23-10-3-2-4-11-23)34-33(31)27-12-5-8-17-32(27)41-34;1-14(2)11-17-12-19(16-9-7-15(3)8-10-16)21-13-18(17)20(4,5)6;/h2-13,15-21,36H,1H3;7-9,12-14H,11H2,1-6H3;/q-2;-1;+3/i1D3;3D3,11D2;. The molecule has 0 saturated carbocycles. The Balaban J connectivity index is 0.000000204. The molecule has 0 aliphatic carbocycles. The van der Waals surface area contributed by atoms with Gasteiger partial charge in [-0.05, 0) is 54.3 Å². The van der Waals surface area contributed by atoms with Gasteiger partial charge in [-0.15, -0.1) is 16.6 Å². The zero-order chi connectivity index (χ0) is 50.2. The minimum absolute atomic E-state index is 0. The normalized spacial score (nSPS) is 16.0. The number of nitrogens with zero attached hydrogens (tertiary/aromatic N) is 4.